The normalized spacial score (nSPS) is 20.1. The first kappa shape index (κ1) is 16.8. The Hall–Kier alpha value is -2.05. The second-order valence-electron chi connectivity index (χ2n) is 5.98. The van der Waals surface area contributed by atoms with E-state index in [1.165, 1.54) is 0 Å². The average Bonchev–Trinajstić information content (AvgIpc) is 3.13. The van der Waals surface area contributed by atoms with E-state index in [0.717, 1.165) is 28.9 Å². The molecule has 0 spiro atoms. The van der Waals surface area contributed by atoms with Crippen molar-refractivity contribution < 1.29 is 9.53 Å². The summed E-state index contributed by atoms with van der Waals surface area (Å²) < 4.78 is 5.78. The molecule has 3 N–H and O–H groups in total. The summed E-state index contributed by atoms with van der Waals surface area (Å²) in [6, 6.07) is 7.27. The van der Waals surface area contributed by atoms with Gasteiger partial charge in [0.2, 0.25) is 0 Å². The molecule has 0 radical (unpaired) electrons. The molecule has 24 heavy (non-hydrogen) atoms. The first-order valence-electron chi connectivity index (χ1n) is 7.96. The van der Waals surface area contributed by atoms with Crippen molar-refractivity contribution in [3.05, 3.63) is 51.8 Å². The number of nitrogens with zero attached hydrogens (tertiary/aromatic N) is 1. The number of benzene rings is 1. The Morgan fingerprint density at radius 2 is 2.12 bits per heavy atom. The van der Waals surface area contributed by atoms with Gasteiger partial charge in [-0.3, -0.25) is 5.10 Å². The molecule has 128 valence electrons. The van der Waals surface area contributed by atoms with Crippen molar-refractivity contribution in [3.63, 3.8) is 0 Å². The molecule has 2 aromatic rings. The summed E-state index contributed by atoms with van der Waals surface area (Å²) in [6.07, 6.45) is 0.634. The first-order chi connectivity index (χ1) is 11.5. The lowest BCUT2D eigenvalue weighted by Crippen LogP contribution is -2.43. The van der Waals surface area contributed by atoms with E-state index in [9.17, 15) is 4.79 Å². The van der Waals surface area contributed by atoms with Gasteiger partial charge in [0.25, 0.3) is 0 Å². The van der Waals surface area contributed by atoms with E-state index in [1.54, 1.807) is 0 Å². The van der Waals surface area contributed by atoms with E-state index in [0.29, 0.717) is 18.2 Å². The summed E-state index contributed by atoms with van der Waals surface area (Å²) in [5.41, 5.74) is 3.90. The number of aryl methyl sites for hydroxylation is 2. The lowest BCUT2D eigenvalue weighted by Gasteiger charge is -2.20. The molecule has 0 unspecified atom stereocenters. The molecular weight excluding hydrogens is 328 g/mol. The number of carbonyl (C=O) groups excluding carboxylic acids is 1. The highest BCUT2D eigenvalue weighted by atomic mass is 35.5. The predicted molar refractivity (Wildman–Crippen MR) is 92.0 cm³/mol. The van der Waals surface area contributed by atoms with E-state index in [2.05, 4.69) is 20.8 Å². The number of amides is 2. The van der Waals surface area contributed by atoms with Crippen LogP contribution < -0.4 is 10.6 Å². The van der Waals surface area contributed by atoms with E-state index >= 15 is 0 Å². The number of nitrogens with one attached hydrogen (secondary N) is 3. The van der Waals surface area contributed by atoms with Crippen molar-refractivity contribution in [2.75, 3.05) is 6.61 Å². The van der Waals surface area contributed by atoms with Crippen molar-refractivity contribution in [1.82, 2.24) is 20.8 Å². The summed E-state index contributed by atoms with van der Waals surface area (Å²) in [5, 5.41) is 13.6. The van der Waals surface area contributed by atoms with Gasteiger partial charge in [0, 0.05) is 29.4 Å². The fraction of sp³-hybridized carbons (Fsp3) is 0.412. The number of rotatable bonds is 4. The van der Waals surface area contributed by atoms with Crippen LogP contribution in [0.2, 0.25) is 5.02 Å². The van der Waals surface area contributed by atoms with Gasteiger partial charge in [0.1, 0.15) is 6.10 Å². The van der Waals surface area contributed by atoms with Gasteiger partial charge in [-0.2, -0.15) is 5.10 Å². The van der Waals surface area contributed by atoms with Crippen LogP contribution in [-0.4, -0.2) is 28.9 Å². The zero-order valence-corrected chi connectivity index (χ0v) is 14.5. The first-order valence-corrected chi connectivity index (χ1v) is 8.34. The average molecular weight is 349 g/mol. The number of hydrogen-bond acceptors (Lipinski definition) is 3. The van der Waals surface area contributed by atoms with E-state index in [1.807, 2.05) is 38.1 Å². The molecule has 6 nitrogen and oxygen atoms in total. The maximum atomic E-state index is 12.2. The van der Waals surface area contributed by atoms with Crippen LogP contribution in [0, 0.1) is 13.8 Å². The van der Waals surface area contributed by atoms with Crippen LogP contribution in [-0.2, 0) is 11.3 Å². The predicted octanol–water partition coefficient (Wildman–Crippen LogP) is 3.01. The summed E-state index contributed by atoms with van der Waals surface area (Å²) in [4.78, 5) is 12.2. The number of halogens is 1. The molecule has 0 aliphatic carbocycles. The molecule has 2 atom stereocenters. The van der Waals surface area contributed by atoms with Crippen molar-refractivity contribution >= 4 is 17.6 Å². The Morgan fingerprint density at radius 3 is 2.79 bits per heavy atom. The van der Waals surface area contributed by atoms with E-state index in [-0.39, 0.29) is 18.2 Å². The third-order valence-corrected chi connectivity index (χ3v) is 4.57. The minimum atomic E-state index is -0.204. The van der Waals surface area contributed by atoms with Crippen LogP contribution in [0.5, 0.6) is 0 Å². The summed E-state index contributed by atoms with van der Waals surface area (Å²) in [6.45, 7) is 4.92. The summed E-state index contributed by atoms with van der Waals surface area (Å²) in [7, 11) is 0. The third-order valence-electron chi connectivity index (χ3n) is 4.31. The summed E-state index contributed by atoms with van der Waals surface area (Å²) >= 11 is 5.93. The molecule has 0 bridgehead atoms. The molecule has 2 heterocycles. The molecule has 1 aliphatic rings. The highest BCUT2D eigenvalue weighted by molar-refractivity contribution is 6.30. The maximum absolute atomic E-state index is 12.2. The number of hydrogen-bond donors (Lipinski definition) is 3. The highest BCUT2D eigenvalue weighted by Crippen LogP contribution is 2.29. The Balaban J connectivity index is 1.58. The molecule has 2 amide bonds. The third kappa shape index (κ3) is 3.71. The molecule has 1 aliphatic heterocycles. The smallest absolute Gasteiger partial charge is 0.315 e. The SMILES string of the molecule is Cc1n[nH]c(C)c1CNC(=O)N[C@H]1CCO[C@@H]1c1ccc(Cl)cc1. The second kappa shape index (κ2) is 7.23. The molecule has 1 fully saturated rings. The van der Waals surface area contributed by atoms with Crippen LogP contribution in [0.4, 0.5) is 4.79 Å². The Bertz CT molecular complexity index is 694. The highest BCUT2D eigenvalue weighted by Gasteiger charge is 2.30. The standard InChI is InChI=1S/C17H21ClN4O2/c1-10-14(11(2)22-21-10)9-19-17(23)20-15-7-8-24-16(15)12-3-5-13(18)6-4-12/h3-6,15-16H,7-9H2,1-2H3,(H,21,22)(H2,19,20,23)/t15-,16+/m0/s1. The van der Waals surface area contributed by atoms with Gasteiger partial charge in [-0.05, 0) is 38.0 Å². The molecule has 1 aromatic carbocycles. The lowest BCUT2D eigenvalue weighted by molar-refractivity contribution is 0.0999. The number of ether oxygens (including phenoxy) is 1. The monoisotopic (exact) mass is 348 g/mol. The fourth-order valence-electron chi connectivity index (χ4n) is 2.94. The van der Waals surface area contributed by atoms with Crippen LogP contribution in [0.3, 0.4) is 0 Å². The summed E-state index contributed by atoms with van der Waals surface area (Å²) in [5.74, 6) is 0. The largest absolute Gasteiger partial charge is 0.371 e. The number of urea groups is 1. The van der Waals surface area contributed by atoms with Crippen LogP contribution in [0.25, 0.3) is 0 Å². The molecule has 1 saturated heterocycles. The molecule has 3 rings (SSSR count). The number of carbonyl (C=O) groups is 1. The zero-order valence-electron chi connectivity index (χ0n) is 13.7. The van der Waals surface area contributed by atoms with Crippen molar-refractivity contribution in [3.8, 4) is 0 Å². The topological polar surface area (TPSA) is 79.0 Å². The van der Waals surface area contributed by atoms with Gasteiger partial charge >= 0.3 is 6.03 Å². The molecular formula is C17H21ClN4O2. The Labute approximate surface area is 145 Å². The molecule has 7 heteroatoms. The van der Waals surface area contributed by atoms with Gasteiger partial charge in [0.05, 0.1) is 11.7 Å². The van der Waals surface area contributed by atoms with Crippen molar-refractivity contribution in [1.29, 1.82) is 0 Å². The lowest BCUT2D eigenvalue weighted by atomic mass is 10.0. The number of aromatic nitrogens is 2. The van der Waals surface area contributed by atoms with Crippen LogP contribution in [0.15, 0.2) is 24.3 Å². The Morgan fingerprint density at radius 1 is 1.38 bits per heavy atom. The van der Waals surface area contributed by atoms with E-state index in [4.69, 9.17) is 16.3 Å². The number of aromatic amines is 1. The van der Waals surface area contributed by atoms with Gasteiger partial charge in [-0.15, -0.1) is 0 Å². The van der Waals surface area contributed by atoms with Crippen molar-refractivity contribution in [2.45, 2.75) is 39.0 Å². The fourth-order valence-corrected chi connectivity index (χ4v) is 3.07. The van der Waals surface area contributed by atoms with Crippen LogP contribution >= 0.6 is 11.6 Å². The van der Waals surface area contributed by atoms with Gasteiger partial charge in [0.15, 0.2) is 0 Å². The Kier molecular flexibility index (Phi) is 5.06. The molecule has 0 saturated carbocycles. The quantitative estimate of drug-likeness (QED) is 0.794. The zero-order chi connectivity index (χ0) is 17.1. The van der Waals surface area contributed by atoms with Gasteiger partial charge < -0.3 is 15.4 Å². The minimum Gasteiger partial charge on any atom is -0.371 e. The van der Waals surface area contributed by atoms with E-state index < -0.39 is 0 Å². The number of H-pyrrole nitrogens is 1. The minimum absolute atomic E-state index is 0.0577. The van der Waals surface area contributed by atoms with Crippen molar-refractivity contribution in [2.24, 2.45) is 0 Å². The second-order valence-corrected chi connectivity index (χ2v) is 6.41. The van der Waals surface area contributed by atoms with Crippen LogP contribution in [0.1, 0.15) is 35.0 Å². The maximum Gasteiger partial charge on any atom is 0.315 e. The molecule has 1 aromatic heterocycles. The van der Waals surface area contributed by atoms with Gasteiger partial charge in [-0.25, -0.2) is 4.79 Å². The van der Waals surface area contributed by atoms with Gasteiger partial charge in [-0.1, -0.05) is 23.7 Å².